The van der Waals surface area contributed by atoms with Gasteiger partial charge in [0, 0.05) is 57.1 Å². The molecule has 3 aromatic rings. The van der Waals surface area contributed by atoms with Gasteiger partial charge in [0.1, 0.15) is 0 Å². The van der Waals surface area contributed by atoms with Crippen LogP contribution in [-0.2, 0) is 24.3 Å². The third kappa shape index (κ3) is 6.30. The zero-order valence-corrected chi connectivity index (χ0v) is 20.8. The number of amides is 2. The highest BCUT2D eigenvalue weighted by atomic mass is 79.9. The maximum absolute atomic E-state index is 12.8. The van der Waals surface area contributed by atoms with Crippen LogP contribution in [0.4, 0.5) is 0 Å². The fourth-order valence-corrected chi connectivity index (χ4v) is 4.37. The van der Waals surface area contributed by atoms with Crippen molar-refractivity contribution in [2.45, 2.75) is 25.9 Å². The lowest BCUT2D eigenvalue weighted by Gasteiger charge is -2.34. The van der Waals surface area contributed by atoms with E-state index in [0.717, 1.165) is 23.1 Å². The normalized spacial score (nSPS) is 14.2. The number of aryl methyl sites for hydroxylation is 1. The lowest BCUT2D eigenvalue weighted by molar-refractivity contribution is -0.130. The molecule has 9 heteroatoms. The number of hydrogen-bond acceptors (Lipinski definition) is 6. The van der Waals surface area contributed by atoms with E-state index < -0.39 is 0 Å². The Hall–Kier alpha value is -3.04. The van der Waals surface area contributed by atoms with Gasteiger partial charge < -0.3 is 14.3 Å². The monoisotopic (exact) mass is 525 g/mol. The molecule has 0 saturated carbocycles. The Morgan fingerprint density at radius 2 is 1.74 bits per heavy atom. The summed E-state index contributed by atoms with van der Waals surface area (Å²) in [6.45, 7) is 3.90. The topological polar surface area (TPSA) is 82.8 Å². The van der Waals surface area contributed by atoms with Crippen molar-refractivity contribution in [2.75, 3.05) is 33.2 Å². The van der Waals surface area contributed by atoms with Gasteiger partial charge >= 0.3 is 0 Å². The van der Waals surface area contributed by atoms with Crippen LogP contribution in [-0.4, -0.2) is 69.9 Å². The molecule has 2 amide bonds. The average Bonchev–Trinajstić information content (AvgIpc) is 3.30. The van der Waals surface area contributed by atoms with Crippen molar-refractivity contribution in [3.8, 4) is 0 Å². The number of aromatic nitrogens is 2. The second kappa shape index (κ2) is 11.4. The lowest BCUT2D eigenvalue weighted by atomic mass is 10.2. The number of carbonyl (C=O) groups excluding carboxylic acids is 2. The molecule has 0 bridgehead atoms. The number of carbonyl (C=O) groups is 2. The molecule has 8 nitrogen and oxygen atoms in total. The van der Waals surface area contributed by atoms with Gasteiger partial charge in [-0.05, 0) is 33.6 Å². The molecule has 4 rings (SSSR count). The summed E-state index contributed by atoms with van der Waals surface area (Å²) >= 11 is 3.46. The van der Waals surface area contributed by atoms with Crippen molar-refractivity contribution in [1.29, 1.82) is 0 Å². The van der Waals surface area contributed by atoms with E-state index in [4.69, 9.17) is 4.52 Å². The van der Waals surface area contributed by atoms with Gasteiger partial charge in [0.15, 0.2) is 5.82 Å². The zero-order valence-electron chi connectivity index (χ0n) is 19.2. The number of benzene rings is 2. The standard InChI is InChI=1S/C25H28BrN5O3/c1-29(17-19-7-3-2-4-8-19)24(32)12-11-23-27-22(28-34-23)18-30-13-15-31(16-14-30)25(33)20-9-5-6-10-21(20)26/h2-10H,11-18H2,1H3. The maximum Gasteiger partial charge on any atom is 0.255 e. The fraction of sp³-hybridized carbons (Fsp3) is 0.360. The van der Waals surface area contributed by atoms with Gasteiger partial charge in [-0.3, -0.25) is 14.5 Å². The summed E-state index contributed by atoms with van der Waals surface area (Å²) in [5, 5.41) is 4.07. The summed E-state index contributed by atoms with van der Waals surface area (Å²) < 4.78 is 6.17. The molecule has 1 fully saturated rings. The number of piperazine rings is 1. The molecule has 34 heavy (non-hydrogen) atoms. The molecular weight excluding hydrogens is 498 g/mol. The largest absolute Gasteiger partial charge is 0.341 e. The van der Waals surface area contributed by atoms with E-state index in [2.05, 4.69) is 31.0 Å². The number of hydrogen-bond donors (Lipinski definition) is 0. The summed E-state index contributed by atoms with van der Waals surface area (Å²) in [6.07, 6.45) is 0.736. The summed E-state index contributed by atoms with van der Waals surface area (Å²) in [5.74, 6) is 1.15. The summed E-state index contributed by atoms with van der Waals surface area (Å²) in [7, 11) is 1.80. The SMILES string of the molecule is CN(Cc1ccccc1)C(=O)CCc1nc(CN2CCN(C(=O)c3ccccc3Br)CC2)no1. The molecule has 2 heterocycles. The van der Waals surface area contributed by atoms with E-state index in [1.165, 1.54) is 0 Å². The molecule has 1 aliphatic rings. The Kier molecular flexibility index (Phi) is 8.08. The maximum atomic E-state index is 12.8. The van der Waals surface area contributed by atoms with Crippen LogP contribution in [0.1, 0.15) is 34.1 Å². The van der Waals surface area contributed by atoms with Crippen molar-refractivity contribution in [2.24, 2.45) is 0 Å². The van der Waals surface area contributed by atoms with E-state index in [1.54, 1.807) is 11.9 Å². The van der Waals surface area contributed by atoms with Crippen LogP contribution < -0.4 is 0 Å². The molecule has 1 aromatic heterocycles. The second-order valence-corrected chi connectivity index (χ2v) is 9.24. The van der Waals surface area contributed by atoms with E-state index in [0.29, 0.717) is 56.3 Å². The Morgan fingerprint density at radius 1 is 1.03 bits per heavy atom. The van der Waals surface area contributed by atoms with E-state index in [-0.39, 0.29) is 11.8 Å². The highest BCUT2D eigenvalue weighted by Gasteiger charge is 2.24. The third-order valence-electron chi connectivity index (χ3n) is 5.88. The molecule has 0 unspecified atom stereocenters. The van der Waals surface area contributed by atoms with E-state index >= 15 is 0 Å². The van der Waals surface area contributed by atoms with Crippen LogP contribution in [0.15, 0.2) is 63.6 Å². The van der Waals surface area contributed by atoms with Crippen LogP contribution in [0.2, 0.25) is 0 Å². The first-order valence-electron chi connectivity index (χ1n) is 11.3. The smallest absolute Gasteiger partial charge is 0.255 e. The lowest BCUT2D eigenvalue weighted by Crippen LogP contribution is -2.48. The van der Waals surface area contributed by atoms with Crippen LogP contribution in [0.25, 0.3) is 0 Å². The predicted molar refractivity (Wildman–Crippen MR) is 131 cm³/mol. The van der Waals surface area contributed by atoms with Gasteiger partial charge in [-0.1, -0.05) is 47.6 Å². The molecule has 0 aliphatic carbocycles. The first-order valence-corrected chi connectivity index (χ1v) is 12.1. The van der Waals surface area contributed by atoms with Gasteiger partial charge in [-0.2, -0.15) is 4.98 Å². The van der Waals surface area contributed by atoms with E-state index in [1.807, 2.05) is 59.5 Å². The molecular formula is C25H28BrN5O3. The van der Waals surface area contributed by atoms with Crippen molar-refractivity contribution in [3.63, 3.8) is 0 Å². The van der Waals surface area contributed by atoms with Crippen molar-refractivity contribution >= 4 is 27.7 Å². The number of rotatable bonds is 8. The fourth-order valence-electron chi connectivity index (χ4n) is 3.92. The average molecular weight is 526 g/mol. The third-order valence-corrected chi connectivity index (χ3v) is 6.57. The molecule has 178 valence electrons. The van der Waals surface area contributed by atoms with Crippen LogP contribution in [0.3, 0.4) is 0 Å². The minimum absolute atomic E-state index is 0.0365. The van der Waals surface area contributed by atoms with E-state index in [9.17, 15) is 9.59 Å². The van der Waals surface area contributed by atoms with Crippen LogP contribution >= 0.6 is 15.9 Å². The van der Waals surface area contributed by atoms with Crippen molar-refractivity contribution in [3.05, 3.63) is 81.9 Å². The van der Waals surface area contributed by atoms with Crippen molar-refractivity contribution in [1.82, 2.24) is 24.8 Å². The quantitative estimate of drug-likeness (QED) is 0.448. The molecule has 1 aliphatic heterocycles. The minimum atomic E-state index is 0.0365. The highest BCUT2D eigenvalue weighted by molar-refractivity contribution is 9.10. The second-order valence-electron chi connectivity index (χ2n) is 8.39. The molecule has 0 radical (unpaired) electrons. The zero-order chi connectivity index (χ0) is 23.9. The Balaban J connectivity index is 1.21. The first kappa shape index (κ1) is 24.1. The first-order chi connectivity index (χ1) is 16.5. The molecule has 1 saturated heterocycles. The summed E-state index contributed by atoms with van der Waals surface area (Å²) in [5.41, 5.74) is 1.78. The predicted octanol–water partition coefficient (Wildman–Crippen LogP) is 3.38. The van der Waals surface area contributed by atoms with Gasteiger partial charge in [0.25, 0.3) is 5.91 Å². The van der Waals surface area contributed by atoms with Gasteiger partial charge in [0.2, 0.25) is 11.8 Å². The molecule has 0 spiro atoms. The summed E-state index contributed by atoms with van der Waals surface area (Å²) in [4.78, 5) is 35.5. The van der Waals surface area contributed by atoms with Crippen molar-refractivity contribution < 1.29 is 14.1 Å². The Labute approximate surface area is 207 Å². The number of halogens is 1. The Bertz CT molecular complexity index is 1110. The molecule has 2 aromatic carbocycles. The van der Waals surface area contributed by atoms with Crippen LogP contribution in [0, 0.1) is 0 Å². The highest BCUT2D eigenvalue weighted by Crippen LogP contribution is 2.19. The van der Waals surface area contributed by atoms with Gasteiger partial charge in [0.05, 0.1) is 12.1 Å². The minimum Gasteiger partial charge on any atom is -0.341 e. The van der Waals surface area contributed by atoms with Gasteiger partial charge in [-0.25, -0.2) is 0 Å². The van der Waals surface area contributed by atoms with Crippen LogP contribution in [0.5, 0.6) is 0 Å². The molecule has 0 atom stereocenters. The Morgan fingerprint density at radius 3 is 2.47 bits per heavy atom. The van der Waals surface area contributed by atoms with Gasteiger partial charge in [-0.15, -0.1) is 0 Å². The number of nitrogens with zero attached hydrogens (tertiary/aromatic N) is 5. The summed E-state index contributed by atoms with van der Waals surface area (Å²) in [6, 6.07) is 17.4. The molecule has 0 N–H and O–H groups in total.